The summed E-state index contributed by atoms with van der Waals surface area (Å²) in [4.78, 5) is 2.30. The lowest BCUT2D eigenvalue weighted by atomic mass is 10.1. The van der Waals surface area contributed by atoms with Crippen LogP contribution in [0.4, 0.5) is 0 Å². The summed E-state index contributed by atoms with van der Waals surface area (Å²) in [6.45, 7) is 4.04. The lowest BCUT2D eigenvalue weighted by Crippen LogP contribution is -2.07. The van der Waals surface area contributed by atoms with Crippen LogP contribution in [0, 0.1) is 6.92 Å². The molecule has 0 N–H and O–H groups in total. The van der Waals surface area contributed by atoms with Gasteiger partial charge < -0.3 is 4.52 Å². The van der Waals surface area contributed by atoms with E-state index in [0.717, 1.165) is 29.8 Å². The van der Waals surface area contributed by atoms with Crippen molar-refractivity contribution < 1.29 is 4.52 Å². The molecule has 0 radical (unpaired) electrons. The second kappa shape index (κ2) is 2.58. The molecular formula is C11H12N2O. The van der Waals surface area contributed by atoms with Crippen LogP contribution in [0.1, 0.15) is 16.8 Å². The predicted molar refractivity (Wildman–Crippen MR) is 53.9 cm³/mol. The first kappa shape index (κ1) is 8.00. The fourth-order valence-electron chi connectivity index (χ4n) is 2.12. The molecule has 1 aromatic heterocycles. The lowest BCUT2D eigenvalue weighted by Gasteiger charge is -2.02. The van der Waals surface area contributed by atoms with Gasteiger partial charge in [-0.15, -0.1) is 0 Å². The number of hydrogen-bond donors (Lipinski definition) is 0. The van der Waals surface area contributed by atoms with Crippen LogP contribution >= 0.6 is 0 Å². The second-order valence-corrected chi connectivity index (χ2v) is 4.06. The molecule has 3 heteroatoms. The van der Waals surface area contributed by atoms with Crippen LogP contribution in [0.15, 0.2) is 16.7 Å². The van der Waals surface area contributed by atoms with Crippen molar-refractivity contribution in [3.63, 3.8) is 0 Å². The third kappa shape index (κ3) is 0.990. The molecule has 0 fully saturated rings. The van der Waals surface area contributed by atoms with Crippen molar-refractivity contribution in [2.45, 2.75) is 20.0 Å². The van der Waals surface area contributed by atoms with Crippen molar-refractivity contribution in [1.82, 2.24) is 10.1 Å². The molecule has 2 aromatic rings. The van der Waals surface area contributed by atoms with E-state index in [2.05, 4.69) is 29.2 Å². The smallest absolute Gasteiger partial charge is 0.167 e. The number of aromatic nitrogens is 1. The summed E-state index contributed by atoms with van der Waals surface area (Å²) in [6, 6.07) is 4.33. The number of aryl methyl sites for hydroxylation is 1. The molecule has 0 saturated heterocycles. The summed E-state index contributed by atoms with van der Waals surface area (Å²) in [5.41, 5.74) is 4.68. The maximum Gasteiger partial charge on any atom is 0.167 e. The van der Waals surface area contributed by atoms with Crippen LogP contribution in [0.3, 0.4) is 0 Å². The van der Waals surface area contributed by atoms with Crippen molar-refractivity contribution in [2.24, 2.45) is 0 Å². The summed E-state index contributed by atoms with van der Waals surface area (Å²) in [6.07, 6.45) is 0. The normalized spacial score (nSPS) is 16.4. The van der Waals surface area contributed by atoms with Crippen molar-refractivity contribution in [3.8, 4) is 0 Å². The van der Waals surface area contributed by atoms with E-state index in [4.69, 9.17) is 4.52 Å². The SMILES string of the molecule is Cc1noc2cc3c(cc12)CN(C)C3. The molecule has 72 valence electrons. The van der Waals surface area contributed by atoms with Crippen LogP contribution in [0.25, 0.3) is 11.0 Å². The van der Waals surface area contributed by atoms with E-state index in [1.165, 1.54) is 11.1 Å². The number of benzene rings is 1. The maximum absolute atomic E-state index is 5.24. The Labute approximate surface area is 82.3 Å². The largest absolute Gasteiger partial charge is 0.356 e. The summed E-state index contributed by atoms with van der Waals surface area (Å²) in [5, 5.41) is 5.12. The van der Waals surface area contributed by atoms with E-state index in [0.29, 0.717) is 0 Å². The fraction of sp³-hybridized carbons (Fsp3) is 0.364. The molecule has 0 bridgehead atoms. The number of nitrogens with zero attached hydrogens (tertiary/aromatic N) is 2. The Morgan fingerprint density at radius 1 is 1.29 bits per heavy atom. The van der Waals surface area contributed by atoms with Crippen LogP contribution in [-0.4, -0.2) is 17.1 Å². The third-order valence-electron chi connectivity index (χ3n) is 2.85. The predicted octanol–water partition coefficient (Wildman–Crippen LogP) is 2.08. The number of hydrogen-bond acceptors (Lipinski definition) is 3. The quantitative estimate of drug-likeness (QED) is 0.634. The van der Waals surface area contributed by atoms with Crippen molar-refractivity contribution in [3.05, 3.63) is 29.0 Å². The standard InChI is InChI=1S/C11H12N2O/c1-7-10-3-8-5-13(2)6-9(8)4-11(10)14-12-7/h3-4H,5-6H2,1-2H3. The fourth-order valence-corrected chi connectivity index (χ4v) is 2.12. The average Bonchev–Trinajstić information content (AvgIpc) is 2.66. The zero-order chi connectivity index (χ0) is 9.71. The third-order valence-corrected chi connectivity index (χ3v) is 2.85. The summed E-state index contributed by atoms with van der Waals surface area (Å²) < 4.78 is 5.24. The number of fused-ring (bicyclic) bond motifs is 2. The molecule has 1 aliphatic heterocycles. The van der Waals surface area contributed by atoms with Gasteiger partial charge in [-0.3, -0.25) is 4.90 Å². The van der Waals surface area contributed by atoms with E-state index >= 15 is 0 Å². The van der Waals surface area contributed by atoms with Gasteiger partial charge in [-0.25, -0.2) is 0 Å². The minimum absolute atomic E-state index is 0.913. The summed E-state index contributed by atoms with van der Waals surface area (Å²) >= 11 is 0. The molecule has 0 atom stereocenters. The van der Waals surface area contributed by atoms with E-state index in [9.17, 15) is 0 Å². The van der Waals surface area contributed by atoms with E-state index < -0.39 is 0 Å². The van der Waals surface area contributed by atoms with Crippen LogP contribution in [0.5, 0.6) is 0 Å². The van der Waals surface area contributed by atoms with E-state index in [-0.39, 0.29) is 0 Å². The zero-order valence-electron chi connectivity index (χ0n) is 8.37. The molecule has 2 heterocycles. The highest BCUT2D eigenvalue weighted by atomic mass is 16.5. The van der Waals surface area contributed by atoms with Gasteiger partial charge in [0.1, 0.15) is 0 Å². The van der Waals surface area contributed by atoms with Crippen LogP contribution < -0.4 is 0 Å². The molecular weight excluding hydrogens is 176 g/mol. The highest BCUT2D eigenvalue weighted by molar-refractivity contribution is 5.81. The first-order chi connectivity index (χ1) is 6.74. The van der Waals surface area contributed by atoms with Crippen molar-refractivity contribution in [1.29, 1.82) is 0 Å². The van der Waals surface area contributed by atoms with E-state index in [1.54, 1.807) is 0 Å². The topological polar surface area (TPSA) is 29.3 Å². The lowest BCUT2D eigenvalue weighted by molar-refractivity contribution is 0.353. The molecule has 1 aliphatic rings. The van der Waals surface area contributed by atoms with Crippen molar-refractivity contribution in [2.75, 3.05) is 7.05 Å². The van der Waals surface area contributed by atoms with Gasteiger partial charge in [0.15, 0.2) is 5.58 Å². The van der Waals surface area contributed by atoms with E-state index in [1.807, 2.05) is 6.92 Å². The molecule has 0 spiro atoms. The first-order valence-electron chi connectivity index (χ1n) is 4.80. The highest BCUT2D eigenvalue weighted by Crippen LogP contribution is 2.28. The molecule has 3 nitrogen and oxygen atoms in total. The molecule has 14 heavy (non-hydrogen) atoms. The Morgan fingerprint density at radius 2 is 2.00 bits per heavy atom. The van der Waals surface area contributed by atoms with Gasteiger partial charge in [0.05, 0.1) is 5.69 Å². The Bertz CT molecular complexity index is 501. The van der Waals surface area contributed by atoms with Gasteiger partial charge in [-0.1, -0.05) is 5.16 Å². The van der Waals surface area contributed by atoms with Gasteiger partial charge in [0.25, 0.3) is 0 Å². The van der Waals surface area contributed by atoms with Gasteiger partial charge in [0, 0.05) is 18.5 Å². The van der Waals surface area contributed by atoms with Gasteiger partial charge >= 0.3 is 0 Å². The maximum atomic E-state index is 5.24. The Hall–Kier alpha value is -1.35. The summed E-state index contributed by atoms with van der Waals surface area (Å²) in [7, 11) is 2.13. The molecule has 3 rings (SSSR count). The molecule has 0 aliphatic carbocycles. The Kier molecular flexibility index (Phi) is 1.47. The van der Waals surface area contributed by atoms with Crippen LogP contribution in [-0.2, 0) is 13.1 Å². The van der Waals surface area contributed by atoms with Crippen LogP contribution in [0.2, 0.25) is 0 Å². The van der Waals surface area contributed by atoms with Gasteiger partial charge in [-0.05, 0) is 37.2 Å². The molecule has 0 saturated carbocycles. The highest BCUT2D eigenvalue weighted by Gasteiger charge is 2.18. The Balaban J connectivity index is 2.28. The van der Waals surface area contributed by atoms with Crippen molar-refractivity contribution >= 4 is 11.0 Å². The van der Waals surface area contributed by atoms with Gasteiger partial charge in [0.2, 0.25) is 0 Å². The molecule has 0 amide bonds. The second-order valence-electron chi connectivity index (χ2n) is 4.06. The van der Waals surface area contributed by atoms with Gasteiger partial charge in [-0.2, -0.15) is 0 Å². The zero-order valence-corrected chi connectivity index (χ0v) is 8.37. The molecule has 1 aromatic carbocycles. The molecule has 0 unspecified atom stereocenters. The summed E-state index contributed by atoms with van der Waals surface area (Å²) in [5.74, 6) is 0. The minimum atomic E-state index is 0.913. The number of rotatable bonds is 0. The first-order valence-corrected chi connectivity index (χ1v) is 4.80. The average molecular weight is 188 g/mol. The monoisotopic (exact) mass is 188 g/mol. The minimum Gasteiger partial charge on any atom is -0.356 e. The Morgan fingerprint density at radius 3 is 2.79 bits per heavy atom.